The first-order chi connectivity index (χ1) is 9.84. The van der Waals surface area contributed by atoms with Crippen LogP contribution in [0.2, 0.25) is 0 Å². The van der Waals surface area contributed by atoms with Crippen LogP contribution in [0.5, 0.6) is 0 Å². The van der Waals surface area contributed by atoms with Crippen molar-refractivity contribution < 1.29 is 13.2 Å². The van der Waals surface area contributed by atoms with E-state index < -0.39 is 9.84 Å². The molecule has 1 atom stereocenters. The molecule has 1 aromatic rings. The molecular formula is C13H24N4O3S. The number of hydrogen-bond donors (Lipinski definition) is 2. The van der Waals surface area contributed by atoms with Crippen LogP contribution in [0, 0.1) is 0 Å². The molecule has 21 heavy (non-hydrogen) atoms. The highest BCUT2D eigenvalue weighted by Crippen LogP contribution is 2.13. The van der Waals surface area contributed by atoms with E-state index in [1.54, 1.807) is 13.0 Å². The molecule has 0 amide bonds. The molecule has 0 saturated carbocycles. The van der Waals surface area contributed by atoms with Gasteiger partial charge < -0.3 is 15.4 Å². The van der Waals surface area contributed by atoms with Gasteiger partial charge in [-0.2, -0.15) is 0 Å². The zero-order valence-corrected chi connectivity index (χ0v) is 13.8. The van der Waals surface area contributed by atoms with Crippen LogP contribution in [0.3, 0.4) is 0 Å². The zero-order chi connectivity index (χ0) is 15.9. The van der Waals surface area contributed by atoms with Gasteiger partial charge >= 0.3 is 0 Å². The van der Waals surface area contributed by atoms with Crippen molar-refractivity contribution in [1.82, 2.24) is 9.97 Å². The Morgan fingerprint density at radius 1 is 1.29 bits per heavy atom. The minimum absolute atomic E-state index is 0.0499. The predicted octanol–water partition coefficient (Wildman–Crippen LogP) is 1.29. The Kier molecular flexibility index (Phi) is 6.83. The molecule has 1 aromatic heterocycles. The van der Waals surface area contributed by atoms with Crippen molar-refractivity contribution in [3.05, 3.63) is 11.9 Å². The fraction of sp³-hybridized carbons (Fsp3) is 0.692. The quantitative estimate of drug-likeness (QED) is 0.709. The third-order valence-corrected chi connectivity index (χ3v) is 3.62. The third-order valence-electron chi connectivity index (χ3n) is 2.51. The molecule has 120 valence electrons. The maximum atomic E-state index is 11.3. The first kappa shape index (κ1) is 17.6. The maximum Gasteiger partial charge on any atom is 0.158 e. The van der Waals surface area contributed by atoms with E-state index >= 15 is 0 Å². The Balaban J connectivity index is 2.86. The number of aromatic nitrogens is 2. The van der Waals surface area contributed by atoms with Crippen molar-refractivity contribution in [3.8, 4) is 0 Å². The highest BCUT2D eigenvalue weighted by atomic mass is 32.2. The average Bonchev–Trinajstić information content (AvgIpc) is 2.34. The van der Waals surface area contributed by atoms with Gasteiger partial charge in [0.1, 0.15) is 28.1 Å². The lowest BCUT2D eigenvalue weighted by Crippen LogP contribution is -2.25. The zero-order valence-electron chi connectivity index (χ0n) is 13.0. The van der Waals surface area contributed by atoms with E-state index in [2.05, 4.69) is 20.6 Å². The van der Waals surface area contributed by atoms with Gasteiger partial charge in [-0.3, -0.25) is 0 Å². The summed E-state index contributed by atoms with van der Waals surface area (Å²) in [5.41, 5.74) is 0. The topological polar surface area (TPSA) is 93.2 Å². The average molecular weight is 316 g/mol. The summed E-state index contributed by atoms with van der Waals surface area (Å²) in [6.07, 6.45) is 1.22. The normalized spacial score (nSPS) is 13.0. The van der Waals surface area contributed by atoms with Crippen LogP contribution in [0.15, 0.2) is 6.07 Å². The second-order valence-electron chi connectivity index (χ2n) is 4.86. The number of ether oxygens (including phenoxy) is 1. The molecule has 1 rings (SSSR count). The van der Waals surface area contributed by atoms with Gasteiger partial charge in [-0.1, -0.05) is 0 Å². The van der Waals surface area contributed by atoms with Gasteiger partial charge in [-0.15, -0.1) is 0 Å². The van der Waals surface area contributed by atoms with E-state index in [-0.39, 0.29) is 11.8 Å². The van der Waals surface area contributed by atoms with Crippen molar-refractivity contribution in [2.75, 3.05) is 35.8 Å². The van der Waals surface area contributed by atoms with E-state index in [0.29, 0.717) is 30.7 Å². The minimum atomic E-state index is -3.03. The summed E-state index contributed by atoms with van der Waals surface area (Å²) in [5, 5.41) is 6.21. The minimum Gasteiger partial charge on any atom is -0.374 e. The summed E-state index contributed by atoms with van der Waals surface area (Å²) in [4.78, 5) is 8.68. The van der Waals surface area contributed by atoms with Gasteiger partial charge in [0.25, 0.3) is 0 Å². The maximum absolute atomic E-state index is 11.3. The van der Waals surface area contributed by atoms with Gasteiger partial charge in [0.15, 0.2) is 5.82 Å². The van der Waals surface area contributed by atoms with E-state index in [0.717, 1.165) is 6.54 Å². The van der Waals surface area contributed by atoms with Crippen LogP contribution < -0.4 is 10.6 Å². The summed E-state index contributed by atoms with van der Waals surface area (Å²) < 4.78 is 27.9. The summed E-state index contributed by atoms with van der Waals surface area (Å²) in [6.45, 7) is 7.33. The highest BCUT2D eigenvalue weighted by molar-refractivity contribution is 7.90. The molecule has 1 heterocycles. The smallest absolute Gasteiger partial charge is 0.158 e. The van der Waals surface area contributed by atoms with Gasteiger partial charge in [-0.25, -0.2) is 18.4 Å². The summed E-state index contributed by atoms with van der Waals surface area (Å²) >= 11 is 0. The monoisotopic (exact) mass is 316 g/mol. The SMILES string of the molecule is CCNc1cc(NC(C)CS(C)(=O)=O)nc(COCC)n1. The van der Waals surface area contributed by atoms with Crippen LogP contribution in [0.1, 0.15) is 26.6 Å². The first-order valence-electron chi connectivity index (χ1n) is 6.97. The molecule has 2 N–H and O–H groups in total. The Labute approximate surface area is 126 Å². The molecule has 1 unspecified atom stereocenters. The number of anilines is 2. The van der Waals surface area contributed by atoms with Crippen LogP contribution in [0.4, 0.5) is 11.6 Å². The van der Waals surface area contributed by atoms with Crippen molar-refractivity contribution >= 4 is 21.5 Å². The summed E-state index contributed by atoms with van der Waals surface area (Å²) in [5.74, 6) is 1.89. The van der Waals surface area contributed by atoms with Crippen LogP contribution in [-0.4, -0.2) is 49.6 Å². The number of hydrogen-bond acceptors (Lipinski definition) is 7. The molecule has 0 aliphatic rings. The molecule has 0 spiro atoms. The molecule has 7 nitrogen and oxygen atoms in total. The second kappa shape index (κ2) is 8.14. The van der Waals surface area contributed by atoms with E-state index in [1.165, 1.54) is 6.26 Å². The number of sulfone groups is 1. The van der Waals surface area contributed by atoms with Crippen LogP contribution >= 0.6 is 0 Å². The molecule has 0 aliphatic carbocycles. The molecule has 0 fully saturated rings. The molecule has 0 saturated heterocycles. The highest BCUT2D eigenvalue weighted by Gasteiger charge is 2.12. The molecular weight excluding hydrogens is 292 g/mol. The van der Waals surface area contributed by atoms with Gasteiger partial charge in [0.2, 0.25) is 0 Å². The Morgan fingerprint density at radius 3 is 2.52 bits per heavy atom. The van der Waals surface area contributed by atoms with Crippen LogP contribution in [-0.2, 0) is 21.2 Å². The number of nitrogens with zero attached hydrogens (tertiary/aromatic N) is 2. The Hall–Kier alpha value is -1.41. The Bertz CT molecular complexity index is 548. The van der Waals surface area contributed by atoms with E-state index in [9.17, 15) is 8.42 Å². The lowest BCUT2D eigenvalue weighted by molar-refractivity contribution is 0.128. The van der Waals surface area contributed by atoms with E-state index in [1.807, 2.05) is 13.8 Å². The fourth-order valence-electron chi connectivity index (χ4n) is 1.85. The fourth-order valence-corrected chi connectivity index (χ4v) is 2.84. The number of nitrogens with one attached hydrogen (secondary N) is 2. The Morgan fingerprint density at radius 2 is 1.95 bits per heavy atom. The van der Waals surface area contributed by atoms with E-state index in [4.69, 9.17) is 4.74 Å². The predicted molar refractivity (Wildman–Crippen MR) is 84.3 cm³/mol. The van der Waals surface area contributed by atoms with Crippen LogP contribution in [0.25, 0.3) is 0 Å². The second-order valence-corrected chi connectivity index (χ2v) is 7.04. The van der Waals surface area contributed by atoms with Crippen molar-refractivity contribution in [2.45, 2.75) is 33.4 Å². The molecule has 0 aromatic carbocycles. The first-order valence-corrected chi connectivity index (χ1v) is 9.04. The lowest BCUT2D eigenvalue weighted by Gasteiger charge is -2.15. The van der Waals surface area contributed by atoms with Gasteiger partial charge in [0, 0.05) is 31.5 Å². The lowest BCUT2D eigenvalue weighted by atomic mass is 10.3. The molecule has 0 aliphatic heterocycles. The van der Waals surface area contributed by atoms with Crippen molar-refractivity contribution in [2.24, 2.45) is 0 Å². The largest absolute Gasteiger partial charge is 0.374 e. The summed E-state index contributed by atoms with van der Waals surface area (Å²) in [7, 11) is -3.03. The standard InChI is InChI=1S/C13H24N4O3S/c1-5-14-11-7-12(15-10(3)9-21(4,18)19)17-13(16-11)8-20-6-2/h7,10H,5-6,8-9H2,1-4H3,(H2,14,15,16,17). The van der Waals surface area contributed by atoms with Gasteiger partial charge in [-0.05, 0) is 20.8 Å². The number of rotatable bonds is 9. The molecule has 0 radical (unpaired) electrons. The van der Waals surface area contributed by atoms with Crippen molar-refractivity contribution in [1.29, 1.82) is 0 Å². The van der Waals surface area contributed by atoms with Crippen molar-refractivity contribution in [3.63, 3.8) is 0 Å². The van der Waals surface area contributed by atoms with Gasteiger partial charge in [0.05, 0.1) is 5.75 Å². The molecule has 8 heteroatoms. The molecule has 0 bridgehead atoms. The summed E-state index contributed by atoms with van der Waals surface area (Å²) in [6, 6.07) is 1.53. The third kappa shape index (κ3) is 7.24.